The van der Waals surface area contributed by atoms with Gasteiger partial charge in [0.2, 0.25) is 0 Å². The zero-order valence-electron chi connectivity index (χ0n) is 12.5. The van der Waals surface area contributed by atoms with Crippen molar-refractivity contribution in [1.29, 1.82) is 0 Å². The van der Waals surface area contributed by atoms with Gasteiger partial charge in [0, 0.05) is 12.0 Å². The Morgan fingerprint density at radius 1 is 1.17 bits per heavy atom. The lowest BCUT2D eigenvalue weighted by atomic mass is 10.1. The Bertz CT molecular complexity index is 699. The van der Waals surface area contributed by atoms with E-state index >= 15 is 0 Å². The first kappa shape index (κ1) is 16.4. The molecule has 0 fully saturated rings. The Hall–Kier alpha value is -3.02. The number of benzene rings is 2. The molecule has 2 aromatic carbocycles. The number of phenolic OH excluding ortho intramolecular Hbond substituents is 1. The standard InChI is InChI=1S/C17H17NO5/c1-23-15-10-12(7-8-14(15)19)16(20)18-13(17(21)22)9-11-5-3-2-4-6-11/h2-8,10,13,19H,9H2,1H3,(H,18,20)(H,21,22)/t13-/m0/s1. The van der Waals surface area contributed by atoms with Crippen LogP contribution >= 0.6 is 0 Å². The highest BCUT2D eigenvalue weighted by atomic mass is 16.5. The van der Waals surface area contributed by atoms with Crippen molar-refractivity contribution in [3.8, 4) is 11.5 Å². The number of hydrogen-bond donors (Lipinski definition) is 3. The van der Waals surface area contributed by atoms with Crippen LogP contribution in [0.15, 0.2) is 48.5 Å². The van der Waals surface area contributed by atoms with Crippen molar-refractivity contribution in [2.24, 2.45) is 0 Å². The summed E-state index contributed by atoms with van der Waals surface area (Å²) < 4.78 is 4.94. The number of methoxy groups -OCH3 is 1. The van der Waals surface area contributed by atoms with Crippen molar-refractivity contribution >= 4 is 11.9 Å². The van der Waals surface area contributed by atoms with E-state index in [-0.39, 0.29) is 23.5 Å². The SMILES string of the molecule is COc1cc(C(=O)N[C@@H](Cc2ccccc2)C(=O)O)ccc1O. The highest BCUT2D eigenvalue weighted by Crippen LogP contribution is 2.26. The number of carboxylic acids is 1. The van der Waals surface area contributed by atoms with E-state index < -0.39 is 17.9 Å². The van der Waals surface area contributed by atoms with Gasteiger partial charge in [0.05, 0.1) is 7.11 Å². The highest BCUT2D eigenvalue weighted by Gasteiger charge is 2.21. The van der Waals surface area contributed by atoms with Gasteiger partial charge in [-0.25, -0.2) is 4.79 Å². The Morgan fingerprint density at radius 2 is 1.87 bits per heavy atom. The van der Waals surface area contributed by atoms with E-state index in [9.17, 15) is 19.8 Å². The number of nitrogens with one attached hydrogen (secondary N) is 1. The second kappa shape index (κ2) is 7.31. The molecule has 23 heavy (non-hydrogen) atoms. The highest BCUT2D eigenvalue weighted by molar-refractivity contribution is 5.97. The number of hydrogen-bond acceptors (Lipinski definition) is 4. The summed E-state index contributed by atoms with van der Waals surface area (Å²) in [6, 6.07) is 12.1. The zero-order chi connectivity index (χ0) is 16.8. The molecule has 0 unspecified atom stereocenters. The van der Waals surface area contributed by atoms with E-state index in [1.165, 1.54) is 25.3 Å². The molecule has 0 heterocycles. The quantitative estimate of drug-likeness (QED) is 0.756. The molecule has 0 aliphatic rings. The van der Waals surface area contributed by atoms with Gasteiger partial charge in [0.25, 0.3) is 5.91 Å². The van der Waals surface area contributed by atoms with E-state index in [0.717, 1.165) is 5.56 Å². The Balaban J connectivity index is 2.13. The second-order valence-corrected chi connectivity index (χ2v) is 4.94. The van der Waals surface area contributed by atoms with Gasteiger partial charge in [-0.15, -0.1) is 0 Å². The fourth-order valence-electron chi connectivity index (χ4n) is 2.11. The Morgan fingerprint density at radius 3 is 2.48 bits per heavy atom. The lowest BCUT2D eigenvalue weighted by Gasteiger charge is -2.15. The van der Waals surface area contributed by atoms with Crippen LogP contribution in [0.4, 0.5) is 0 Å². The number of carbonyl (C=O) groups is 2. The largest absolute Gasteiger partial charge is 0.504 e. The number of carboxylic acid groups (broad SMARTS) is 1. The molecular weight excluding hydrogens is 298 g/mol. The summed E-state index contributed by atoms with van der Waals surface area (Å²) in [4.78, 5) is 23.6. The lowest BCUT2D eigenvalue weighted by Crippen LogP contribution is -2.42. The first-order valence-electron chi connectivity index (χ1n) is 6.96. The first-order valence-corrected chi connectivity index (χ1v) is 6.96. The molecule has 1 amide bonds. The predicted molar refractivity (Wildman–Crippen MR) is 83.7 cm³/mol. The van der Waals surface area contributed by atoms with Crippen LogP contribution < -0.4 is 10.1 Å². The molecule has 0 aliphatic heterocycles. The smallest absolute Gasteiger partial charge is 0.326 e. The Labute approximate surface area is 133 Å². The number of rotatable bonds is 6. The van der Waals surface area contributed by atoms with Crippen LogP contribution in [0.1, 0.15) is 15.9 Å². The molecule has 2 aromatic rings. The third-order valence-electron chi connectivity index (χ3n) is 3.33. The predicted octanol–water partition coefficient (Wildman–Crippen LogP) is 1.83. The average Bonchev–Trinajstić information content (AvgIpc) is 2.55. The molecule has 2 rings (SSSR count). The van der Waals surface area contributed by atoms with E-state index in [0.29, 0.717) is 0 Å². The number of amides is 1. The number of carbonyl (C=O) groups excluding carboxylic acids is 1. The minimum absolute atomic E-state index is 0.0943. The van der Waals surface area contributed by atoms with Gasteiger partial charge in [-0.05, 0) is 23.8 Å². The first-order chi connectivity index (χ1) is 11.0. The maximum Gasteiger partial charge on any atom is 0.326 e. The maximum absolute atomic E-state index is 12.2. The summed E-state index contributed by atoms with van der Waals surface area (Å²) in [5, 5.41) is 21.3. The molecule has 1 atom stereocenters. The van der Waals surface area contributed by atoms with Gasteiger partial charge in [-0.3, -0.25) is 4.79 Å². The van der Waals surface area contributed by atoms with Gasteiger partial charge >= 0.3 is 5.97 Å². The van der Waals surface area contributed by atoms with Crippen molar-refractivity contribution in [3.05, 3.63) is 59.7 Å². The van der Waals surface area contributed by atoms with E-state index in [4.69, 9.17) is 4.74 Å². The summed E-state index contributed by atoms with van der Waals surface area (Å²) in [7, 11) is 1.37. The normalized spacial score (nSPS) is 11.5. The topological polar surface area (TPSA) is 95.9 Å². The molecule has 3 N–H and O–H groups in total. The molecule has 120 valence electrons. The molecule has 0 saturated heterocycles. The van der Waals surface area contributed by atoms with E-state index in [1.54, 1.807) is 24.3 Å². The van der Waals surface area contributed by atoms with Gasteiger partial charge in [0.15, 0.2) is 11.5 Å². The van der Waals surface area contributed by atoms with Crippen LogP contribution in [0.2, 0.25) is 0 Å². The Kier molecular flexibility index (Phi) is 5.19. The summed E-state index contributed by atoms with van der Waals surface area (Å²) in [5.41, 5.74) is 1.02. The summed E-state index contributed by atoms with van der Waals surface area (Å²) in [6.45, 7) is 0. The zero-order valence-corrected chi connectivity index (χ0v) is 12.5. The number of ether oxygens (including phenoxy) is 1. The van der Waals surface area contributed by atoms with Crippen LogP contribution in [0.3, 0.4) is 0 Å². The third-order valence-corrected chi connectivity index (χ3v) is 3.33. The van der Waals surface area contributed by atoms with Crippen molar-refractivity contribution in [2.75, 3.05) is 7.11 Å². The maximum atomic E-state index is 12.2. The van der Waals surface area contributed by atoms with E-state index in [2.05, 4.69) is 5.32 Å². The molecule has 6 nitrogen and oxygen atoms in total. The molecule has 6 heteroatoms. The summed E-state index contributed by atoms with van der Waals surface area (Å²) >= 11 is 0. The molecule has 0 bridgehead atoms. The molecular formula is C17H17NO5. The van der Waals surface area contributed by atoms with Crippen molar-refractivity contribution < 1.29 is 24.5 Å². The molecule has 0 radical (unpaired) electrons. The van der Waals surface area contributed by atoms with Gasteiger partial charge in [-0.1, -0.05) is 30.3 Å². The van der Waals surface area contributed by atoms with Crippen molar-refractivity contribution in [2.45, 2.75) is 12.5 Å². The number of aliphatic carboxylic acids is 1. The fraction of sp³-hybridized carbons (Fsp3) is 0.176. The second-order valence-electron chi connectivity index (χ2n) is 4.94. The molecule has 0 aromatic heterocycles. The van der Waals surface area contributed by atoms with Crippen LogP contribution in [-0.2, 0) is 11.2 Å². The average molecular weight is 315 g/mol. The van der Waals surface area contributed by atoms with Crippen molar-refractivity contribution in [3.63, 3.8) is 0 Å². The monoisotopic (exact) mass is 315 g/mol. The number of aromatic hydroxyl groups is 1. The minimum Gasteiger partial charge on any atom is -0.504 e. The van der Waals surface area contributed by atoms with Crippen LogP contribution in [0.25, 0.3) is 0 Å². The minimum atomic E-state index is -1.12. The van der Waals surface area contributed by atoms with Crippen molar-refractivity contribution in [1.82, 2.24) is 5.32 Å². The summed E-state index contributed by atoms with van der Waals surface area (Å²) in [6.07, 6.45) is 0.178. The summed E-state index contributed by atoms with van der Waals surface area (Å²) in [5.74, 6) is -1.62. The third kappa shape index (κ3) is 4.23. The lowest BCUT2D eigenvalue weighted by molar-refractivity contribution is -0.139. The molecule has 0 saturated carbocycles. The molecule has 0 aliphatic carbocycles. The molecule has 0 spiro atoms. The van der Waals surface area contributed by atoms with Gasteiger partial charge < -0.3 is 20.3 Å². The van der Waals surface area contributed by atoms with Crippen LogP contribution in [0.5, 0.6) is 11.5 Å². The van der Waals surface area contributed by atoms with Crippen LogP contribution in [0, 0.1) is 0 Å². The fourth-order valence-corrected chi connectivity index (χ4v) is 2.11. The number of phenols is 1. The van der Waals surface area contributed by atoms with E-state index in [1.807, 2.05) is 6.07 Å². The van der Waals surface area contributed by atoms with Crippen LogP contribution in [-0.4, -0.2) is 35.2 Å². The van der Waals surface area contributed by atoms with Gasteiger partial charge in [-0.2, -0.15) is 0 Å². The van der Waals surface area contributed by atoms with Gasteiger partial charge in [0.1, 0.15) is 6.04 Å².